The summed E-state index contributed by atoms with van der Waals surface area (Å²) in [5, 5.41) is 10.7. The number of hydrogen-bond acceptors (Lipinski definition) is 4. The van der Waals surface area contributed by atoms with Gasteiger partial charge in [0, 0.05) is 35.5 Å². The van der Waals surface area contributed by atoms with Crippen LogP contribution in [0.3, 0.4) is 0 Å². The van der Waals surface area contributed by atoms with Crippen LogP contribution in [0.2, 0.25) is 0 Å². The monoisotopic (exact) mass is 316 g/mol. The minimum absolute atomic E-state index is 0.0485. The molecule has 0 saturated carbocycles. The summed E-state index contributed by atoms with van der Waals surface area (Å²) in [4.78, 5) is 34.8. The van der Waals surface area contributed by atoms with Gasteiger partial charge in [0.1, 0.15) is 0 Å². The van der Waals surface area contributed by atoms with E-state index >= 15 is 0 Å². The van der Waals surface area contributed by atoms with Crippen LogP contribution in [0.1, 0.15) is 24.8 Å². The third kappa shape index (κ3) is 3.05. The number of benzene rings is 1. The van der Waals surface area contributed by atoms with Crippen molar-refractivity contribution < 1.29 is 14.5 Å². The minimum Gasteiger partial charge on any atom is -0.366 e. The maximum Gasteiger partial charge on any atom is 0.323 e. The topological polar surface area (TPSA) is 133 Å². The zero-order valence-corrected chi connectivity index (χ0v) is 12.4. The van der Waals surface area contributed by atoms with Gasteiger partial charge < -0.3 is 11.5 Å². The van der Waals surface area contributed by atoms with Crippen molar-refractivity contribution >= 4 is 17.6 Å². The third-order valence-electron chi connectivity index (χ3n) is 3.64. The van der Waals surface area contributed by atoms with Crippen molar-refractivity contribution in [2.45, 2.75) is 19.3 Å². The number of nitro benzene ring substituents is 1. The van der Waals surface area contributed by atoms with Crippen LogP contribution in [-0.4, -0.2) is 21.8 Å². The van der Waals surface area contributed by atoms with Crippen molar-refractivity contribution in [1.82, 2.24) is 4.90 Å². The summed E-state index contributed by atoms with van der Waals surface area (Å²) in [6.45, 7) is 1.78. The Morgan fingerprint density at radius 3 is 2.30 bits per heavy atom. The number of hydrogen-bond donors (Lipinski definition) is 2. The summed E-state index contributed by atoms with van der Waals surface area (Å²) in [5.74, 6) is -1.15. The average Bonchev–Trinajstić information content (AvgIpc) is 2.53. The van der Waals surface area contributed by atoms with E-state index < -0.39 is 22.8 Å². The Morgan fingerprint density at radius 1 is 1.26 bits per heavy atom. The summed E-state index contributed by atoms with van der Waals surface area (Å²) < 4.78 is 0. The molecule has 1 unspecified atom stereocenters. The Balaban J connectivity index is 2.51. The number of primary amides is 2. The van der Waals surface area contributed by atoms with E-state index in [0.717, 1.165) is 0 Å². The van der Waals surface area contributed by atoms with Gasteiger partial charge in [-0.15, -0.1) is 0 Å². The molecule has 1 aromatic carbocycles. The Hall–Kier alpha value is -3.16. The first-order valence-electron chi connectivity index (χ1n) is 6.91. The highest BCUT2D eigenvalue weighted by atomic mass is 16.6. The molecule has 0 fully saturated rings. The maximum absolute atomic E-state index is 11.9. The molecule has 23 heavy (non-hydrogen) atoms. The first kappa shape index (κ1) is 16.2. The van der Waals surface area contributed by atoms with Crippen molar-refractivity contribution in [1.29, 1.82) is 0 Å². The highest BCUT2D eigenvalue weighted by Crippen LogP contribution is 2.35. The lowest BCUT2D eigenvalue weighted by Crippen LogP contribution is -2.36. The van der Waals surface area contributed by atoms with Crippen LogP contribution in [0.25, 0.3) is 0 Å². The first-order chi connectivity index (χ1) is 10.9. The number of urea groups is 1. The zero-order valence-electron chi connectivity index (χ0n) is 12.4. The van der Waals surface area contributed by atoms with Crippen LogP contribution in [0, 0.1) is 10.1 Å². The average molecular weight is 316 g/mol. The van der Waals surface area contributed by atoms with Crippen LogP contribution in [0.5, 0.6) is 0 Å². The lowest BCUT2D eigenvalue weighted by atomic mass is 9.86. The van der Waals surface area contributed by atoms with E-state index in [1.165, 1.54) is 23.2 Å². The fraction of sp³-hybridized carbons (Fsp3) is 0.200. The van der Waals surface area contributed by atoms with Gasteiger partial charge in [-0.1, -0.05) is 25.1 Å². The van der Waals surface area contributed by atoms with Crippen LogP contribution in [0.15, 0.2) is 47.8 Å². The van der Waals surface area contributed by atoms with E-state index in [9.17, 15) is 19.7 Å². The smallest absolute Gasteiger partial charge is 0.323 e. The fourth-order valence-corrected chi connectivity index (χ4v) is 2.61. The molecule has 1 heterocycles. The van der Waals surface area contributed by atoms with E-state index in [2.05, 4.69) is 0 Å². The van der Waals surface area contributed by atoms with Crippen molar-refractivity contribution in [3.05, 3.63) is 63.5 Å². The Morgan fingerprint density at radius 2 is 1.87 bits per heavy atom. The molecule has 0 bridgehead atoms. The molecule has 0 radical (unpaired) electrons. The van der Waals surface area contributed by atoms with Gasteiger partial charge in [-0.2, -0.15) is 0 Å². The summed E-state index contributed by atoms with van der Waals surface area (Å²) in [5.41, 5.74) is 12.1. The molecule has 2 rings (SSSR count). The van der Waals surface area contributed by atoms with E-state index in [1.807, 2.05) is 0 Å². The van der Waals surface area contributed by atoms with Gasteiger partial charge in [-0.05, 0) is 12.0 Å². The molecule has 0 aromatic heterocycles. The Bertz CT molecular complexity index is 721. The minimum atomic E-state index is -0.709. The van der Waals surface area contributed by atoms with Gasteiger partial charge in [-0.25, -0.2) is 4.79 Å². The summed E-state index contributed by atoms with van der Waals surface area (Å²) in [6.07, 6.45) is 3.49. The number of carbonyl (C=O) groups excluding carboxylic acids is 2. The normalized spacial score (nSPS) is 17.3. The van der Waals surface area contributed by atoms with E-state index in [1.54, 1.807) is 25.1 Å². The molecule has 1 aliphatic rings. The predicted molar refractivity (Wildman–Crippen MR) is 82.9 cm³/mol. The number of nitro groups is 1. The second-order valence-corrected chi connectivity index (χ2v) is 4.95. The molecule has 0 aliphatic carbocycles. The fourth-order valence-electron chi connectivity index (χ4n) is 2.61. The van der Waals surface area contributed by atoms with E-state index in [4.69, 9.17) is 11.5 Å². The molecule has 1 aromatic rings. The van der Waals surface area contributed by atoms with Crippen molar-refractivity contribution in [3.63, 3.8) is 0 Å². The Kier molecular flexibility index (Phi) is 4.44. The molecule has 8 heteroatoms. The first-order valence-corrected chi connectivity index (χ1v) is 6.91. The number of allylic oxidation sites excluding steroid dienone is 2. The number of carbonyl (C=O) groups is 2. The van der Waals surface area contributed by atoms with Crippen LogP contribution in [0.4, 0.5) is 10.5 Å². The lowest BCUT2D eigenvalue weighted by Gasteiger charge is -2.29. The molecule has 120 valence electrons. The van der Waals surface area contributed by atoms with Gasteiger partial charge in [-0.3, -0.25) is 19.8 Å². The summed E-state index contributed by atoms with van der Waals surface area (Å²) in [7, 11) is 0. The standard InChI is InChI=1S/C15H16N4O4/c1-2-12-13(14(16)20)11(7-8-18(12)15(17)21)9-3-5-10(6-4-9)19(22)23/h3-8,11H,2H2,1H3,(H2,16,20)(H2,17,21). The van der Waals surface area contributed by atoms with Crippen molar-refractivity contribution in [2.75, 3.05) is 0 Å². The highest BCUT2D eigenvalue weighted by Gasteiger charge is 2.30. The molecule has 1 aliphatic heterocycles. The zero-order chi connectivity index (χ0) is 17.1. The van der Waals surface area contributed by atoms with Gasteiger partial charge in [0.15, 0.2) is 0 Å². The second-order valence-electron chi connectivity index (χ2n) is 4.95. The SMILES string of the molecule is CCC1=C(C(N)=O)C(c2ccc([N+](=O)[O-])cc2)C=CN1C(N)=O. The molecule has 8 nitrogen and oxygen atoms in total. The predicted octanol–water partition coefficient (Wildman–Crippen LogP) is 1.74. The maximum atomic E-state index is 11.9. The van der Waals surface area contributed by atoms with Crippen LogP contribution < -0.4 is 11.5 Å². The summed E-state index contributed by atoms with van der Waals surface area (Å²) >= 11 is 0. The lowest BCUT2D eigenvalue weighted by molar-refractivity contribution is -0.384. The number of nitrogens with zero attached hydrogens (tertiary/aromatic N) is 2. The van der Waals surface area contributed by atoms with Crippen molar-refractivity contribution in [3.8, 4) is 0 Å². The van der Waals surface area contributed by atoms with Crippen molar-refractivity contribution in [2.24, 2.45) is 11.5 Å². The van der Waals surface area contributed by atoms with Gasteiger partial charge in [0.05, 0.1) is 4.92 Å². The number of rotatable bonds is 4. The highest BCUT2D eigenvalue weighted by molar-refractivity contribution is 5.96. The molecule has 3 amide bonds. The van der Waals surface area contributed by atoms with Crippen LogP contribution >= 0.6 is 0 Å². The number of amides is 3. The molecular weight excluding hydrogens is 300 g/mol. The summed E-state index contributed by atoms with van der Waals surface area (Å²) in [6, 6.07) is 5.12. The van der Waals surface area contributed by atoms with Gasteiger partial charge >= 0.3 is 6.03 Å². The number of nitrogens with two attached hydrogens (primary N) is 2. The molecular formula is C15H16N4O4. The third-order valence-corrected chi connectivity index (χ3v) is 3.64. The largest absolute Gasteiger partial charge is 0.366 e. The second kappa shape index (κ2) is 6.30. The Labute approximate surface area is 132 Å². The quantitative estimate of drug-likeness (QED) is 0.646. The molecule has 0 saturated heterocycles. The molecule has 1 atom stereocenters. The van der Waals surface area contributed by atoms with Crippen LogP contribution in [-0.2, 0) is 4.79 Å². The number of non-ortho nitro benzene ring substituents is 1. The van der Waals surface area contributed by atoms with E-state index in [0.29, 0.717) is 17.7 Å². The van der Waals surface area contributed by atoms with Gasteiger partial charge in [0.2, 0.25) is 5.91 Å². The van der Waals surface area contributed by atoms with Gasteiger partial charge in [0.25, 0.3) is 5.69 Å². The molecule has 0 spiro atoms. The van der Waals surface area contributed by atoms with E-state index in [-0.39, 0.29) is 11.3 Å². The molecule has 4 N–H and O–H groups in total.